The summed E-state index contributed by atoms with van der Waals surface area (Å²) in [4.78, 5) is 14.2. The Morgan fingerprint density at radius 3 is 2.65 bits per heavy atom. The number of ketones is 1. The average Bonchev–Trinajstić information content (AvgIpc) is 2.44. The molecular weight excluding hydrogens is 210 g/mol. The van der Waals surface area contributed by atoms with Crippen molar-refractivity contribution < 1.29 is 4.79 Å². The number of carbonyl (C=O) groups excluding carboxylic acids is 1. The molecule has 1 aromatic rings. The van der Waals surface area contributed by atoms with Gasteiger partial charge in [-0.3, -0.25) is 9.69 Å². The van der Waals surface area contributed by atoms with Crippen LogP contribution >= 0.6 is 0 Å². The molecule has 1 aromatic carbocycles. The van der Waals surface area contributed by atoms with Crippen molar-refractivity contribution in [3.05, 3.63) is 35.9 Å². The first kappa shape index (κ1) is 12.3. The summed E-state index contributed by atoms with van der Waals surface area (Å²) in [5.41, 5.74) is 1.33. The number of hydrogen-bond acceptors (Lipinski definition) is 2. The van der Waals surface area contributed by atoms with Crippen LogP contribution in [0.25, 0.3) is 0 Å². The molecule has 0 aromatic heterocycles. The number of carbonyl (C=O) groups is 1. The van der Waals surface area contributed by atoms with Gasteiger partial charge in [0.05, 0.1) is 0 Å². The molecule has 1 aliphatic heterocycles. The minimum atomic E-state index is 0.234. The van der Waals surface area contributed by atoms with Gasteiger partial charge in [-0.15, -0.1) is 0 Å². The summed E-state index contributed by atoms with van der Waals surface area (Å²) in [5.74, 6) is 0.659. The Morgan fingerprint density at radius 1 is 1.24 bits per heavy atom. The molecule has 0 radical (unpaired) electrons. The highest BCUT2D eigenvalue weighted by Crippen LogP contribution is 2.20. The van der Waals surface area contributed by atoms with E-state index in [9.17, 15) is 4.79 Å². The van der Waals surface area contributed by atoms with Gasteiger partial charge >= 0.3 is 0 Å². The van der Waals surface area contributed by atoms with Crippen LogP contribution in [0.5, 0.6) is 0 Å². The quantitative estimate of drug-likeness (QED) is 0.780. The second-order valence-corrected chi connectivity index (χ2v) is 5.17. The first-order chi connectivity index (χ1) is 8.16. The Bertz CT molecular complexity index is 374. The van der Waals surface area contributed by atoms with Crippen LogP contribution in [0.1, 0.15) is 32.3 Å². The zero-order valence-electron chi connectivity index (χ0n) is 10.7. The van der Waals surface area contributed by atoms with Crippen LogP contribution in [0.15, 0.2) is 30.3 Å². The van der Waals surface area contributed by atoms with Crippen molar-refractivity contribution in [1.82, 2.24) is 4.90 Å². The van der Waals surface area contributed by atoms with Gasteiger partial charge < -0.3 is 0 Å². The second-order valence-electron chi connectivity index (χ2n) is 5.17. The fraction of sp³-hybridized carbons (Fsp3) is 0.533. The van der Waals surface area contributed by atoms with Gasteiger partial charge in [-0.25, -0.2) is 0 Å². The fourth-order valence-corrected chi connectivity index (χ4v) is 2.42. The van der Waals surface area contributed by atoms with Gasteiger partial charge in [-0.1, -0.05) is 37.3 Å². The van der Waals surface area contributed by atoms with E-state index >= 15 is 0 Å². The Morgan fingerprint density at radius 2 is 1.94 bits per heavy atom. The number of hydrogen-bond donors (Lipinski definition) is 0. The van der Waals surface area contributed by atoms with Crippen molar-refractivity contribution in [2.24, 2.45) is 5.92 Å². The molecule has 2 rings (SSSR count). The Kier molecular flexibility index (Phi) is 3.95. The summed E-state index contributed by atoms with van der Waals surface area (Å²) in [6.07, 6.45) is 1.70. The number of likely N-dealkylation sites (tertiary alicyclic amines) is 1. The smallest absolute Gasteiger partial charge is 0.137 e. The van der Waals surface area contributed by atoms with Crippen molar-refractivity contribution in [3.8, 4) is 0 Å². The summed E-state index contributed by atoms with van der Waals surface area (Å²) in [5, 5.41) is 0. The number of rotatable bonds is 2. The highest BCUT2D eigenvalue weighted by atomic mass is 16.1. The normalized spacial score (nSPS) is 26.8. The Hall–Kier alpha value is -1.15. The van der Waals surface area contributed by atoms with E-state index < -0.39 is 0 Å². The number of benzene rings is 1. The number of Topliss-reactive ketones (excluding diaryl/α,β-unsaturated/α-hetero) is 1. The van der Waals surface area contributed by atoms with Crippen LogP contribution in [0.4, 0.5) is 0 Å². The van der Waals surface area contributed by atoms with E-state index in [-0.39, 0.29) is 5.92 Å². The Labute approximate surface area is 104 Å². The molecule has 0 aliphatic carbocycles. The van der Waals surface area contributed by atoms with E-state index in [1.807, 2.05) is 6.07 Å². The van der Waals surface area contributed by atoms with Gasteiger partial charge in [0.15, 0.2) is 0 Å². The molecule has 17 heavy (non-hydrogen) atoms. The molecule has 0 N–H and O–H groups in total. The Balaban J connectivity index is 2.03. The van der Waals surface area contributed by atoms with Gasteiger partial charge in [-0.2, -0.15) is 0 Å². The zero-order valence-corrected chi connectivity index (χ0v) is 10.7. The summed E-state index contributed by atoms with van der Waals surface area (Å²) in [6.45, 7) is 6.21. The lowest BCUT2D eigenvalue weighted by Gasteiger charge is -2.26. The standard InChI is InChI=1S/C15H21NO/c1-12-8-9-16(13(2)10-15(12)17)11-14-6-4-3-5-7-14/h3-7,12-13H,8-11H2,1-2H3. The lowest BCUT2D eigenvalue weighted by molar-refractivity contribution is -0.122. The summed E-state index contributed by atoms with van der Waals surface area (Å²) in [7, 11) is 0. The SMILES string of the molecule is CC1CCN(Cc2ccccc2)C(C)CC1=O. The predicted octanol–water partition coefficient (Wildman–Crippen LogP) is 2.88. The molecule has 1 fully saturated rings. The molecule has 0 spiro atoms. The molecule has 1 aliphatic rings. The van der Waals surface area contributed by atoms with Gasteiger partial charge in [-0.05, 0) is 25.5 Å². The largest absolute Gasteiger partial charge is 0.299 e. The van der Waals surface area contributed by atoms with Gasteiger partial charge in [0.2, 0.25) is 0 Å². The lowest BCUT2D eigenvalue weighted by Crippen LogP contribution is -2.32. The van der Waals surface area contributed by atoms with E-state index in [0.29, 0.717) is 18.2 Å². The van der Waals surface area contributed by atoms with E-state index in [4.69, 9.17) is 0 Å². The third kappa shape index (κ3) is 3.16. The van der Waals surface area contributed by atoms with Crippen LogP contribution < -0.4 is 0 Å². The maximum Gasteiger partial charge on any atom is 0.137 e. The maximum atomic E-state index is 11.8. The van der Waals surface area contributed by atoms with E-state index in [2.05, 4.69) is 43.0 Å². The van der Waals surface area contributed by atoms with Crippen LogP contribution in [0.2, 0.25) is 0 Å². The summed E-state index contributed by atoms with van der Waals surface area (Å²) in [6, 6.07) is 10.9. The summed E-state index contributed by atoms with van der Waals surface area (Å²) < 4.78 is 0. The third-order valence-electron chi connectivity index (χ3n) is 3.75. The van der Waals surface area contributed by atoms with Crippen LogP contribution in [-0.2, 0) is 11.3 Å². The second kappa shape index (κ2) is 5.46. The molecule has 2 unspecified atom stereocenters. The lowest BCUT2D eigenvalue weighted by atomic mass is 10.0. The van der Waals surface area contributed by atoms with Crippen molar-refractivity contribution in [2.75, 3.05) is 6.54 Å². The zero-order chi connectivity index (χ0) is 12.3. The van der Waals surface area contributed by atoms with Gasteiger partial charge in [0, 0.05) is 24.9 Å². The van der Waals surface area contributed by atoms with Gasteiger partial charge in [0.1, 0.15) is 5.78 Å². The van der Waals surface area contributed by atoms with E-state index in [0.717, 1.165) is 19.5 Å². The van der Waals surface area contributed by atoms with Crippen LogP contribution in [-0.4, -0.2) is 23.3 Å². The van der Waals surface area contributed by atoms with Gasteiger partial charge in [0.25, 0.3) is 0 Å². The van der Waals surface area contributed by atoms with Crippen LogP contribution in [0.3, 0.4) is 0 Å². The number of nitrogens with zero attached hydrogens (tertiary/aromatic N) is 1. The van der Waals surface area contributed by atoms with Crippen molar-refractivity contribution >= 4 is 5.78 Å². The molecule has 92 valence electrons. The highest BCUT2D eigenvalue weighted by Gasteiger charge is 2.25. The first-order valence-electron chi connectivity index (χ1n) is 6.47. The van der Waals surface area contributed by atoms with Crippen molar-refractivity contribution in [1.29, 1.82) is 0 Å². The molecule has 0 saturated carbocycles. The van der Waals surface area contributed by atoms with Crippen LogP contribution in [0, 0.1) is 5.92 Å². The molecule has 0 bridgehead atoms. The minimum absolute atomic E-state index is 0.234. The highest BCUT2D eigenvalue weighted by molar-refractivity contribution is 5.81. The monoisotopic (exact) mass is 231 g/mol. The molecular formula is C15H21NO. The topological polar surface area (TPSA) is 20.3 Å². The molecule has 1 heterocycles. The van der Waals surface area contributed by atoms with Crippen molar-refractivity contribution in [2.45, 2.75) is 39.3 Å². The first-order valence-corrected chi connectivity index (χ1v) is 6.47. The average molecular weight is 231 g/mol. The van der Waals surface area contributed by atoms with Crippen molar-refractivity contribution in [3.63, 3.8) is 0 Å². The third-order valence-corrected chi connectivity index (χ3v) is 3.75. The summed E-state index contributed by atoms with van der Waals surface area (Å²) >= 11 is 0. The molecule has 2 nitrogen and oxygen atoms in total. The maximum absolute atomic E-state index is 11.8. The molecule has 1 saturated heterocycles. The minimum Gasteiger partial charge on any atom is -0.299 e. The van der Waals surface area contributed by atoms with E-state index in [1.54, 1.807) is 0 Å². The molecule has 0 amide bonds. The predicted molar refractivity (Wildman–Crippen MR) is 69.7 cm³/mol. The van der Waals surface area contributed by atoms with E-state index in [1.165, 1.54) is 5.56 Å². The molecule has 2 atom stereocenters. The fourth-order valence-electron chi connectivity index (χ4n) is 2.42. The molecule has 2 heteroatoms.